The summed E-state index contributed by atoms with van der Waals surface area (Å²) >= 11 is 0. The molecule has 5 heteroatoms. The minimum atomic E-state index is -0.130. The van der Waals surface area contributed by atoms with Crippen LogP contribution in [0.15, 0.2) is 17.2 Å². The molecule has 2 N–H and O–H groups in total. The molecular formula is C11H17N3O2. The van der Waals surface area contributed by atoms with Crippen molar-refractivity contribution < 1.29 is 4.74 Å². The van der Waals surface area contributed by atoms with Crippen molar-refractivity contribution in [1.29, 1.82) is 0 Å². The van der Waals surface area contributed by atoms with E-state index < -0.39 is 0 Å². The van der Waals surface area contributed by atoms with E-state index in [1.54, 1.807) is 0 Å². The Morgan fingerprint density at radius 1 is 1.56 bits per heavy atom. The van der Waals surface area contributed by atoms with Crippen LogP contribution < -0.4 is 10.9 Å². The van der Waals surface area contributed by atoms with Gasteiger partial charge < -0.3 is 15.0 Å². The highest BCUT2D eigenvalue weighted by Crippen LogP contribution is 2.29. The second-order valence-electron chi connectivity index (χ2n) is 4.57. The van der Waals surface area contributed by atoms with E-state index in [-0.39, 0.29) is 11.0 Å². The zero-order chi connectivity index (χ0) is 11.4. The molecule has 2 rings (SSSR count). The molecule has 2 heterocycles. The van der Waals surface area contributed by atoms with Gasteiger partial charge in [0, 0.05) is 25.8 Å². The molecule has 0 amide bonds. The number of nitrogens with zero attached hydrogens (tertiary/aromatic N) is 1. The Kier molecular flexibility index (Phi) is 3.24. The van der Waals surface area contributed by atoms with E-state index in [2.05, 4.69) is 22.2 Å². The number of hydrogen-bond donors (Lipinski definition) is 2. The number of aromatic amines is 1. The van der Waals surface area contributed by atoms with Crippen molar-refractivity contribution in [2.45, 2.75) is 19.8 Å². The topological polar surface area (TPSA) is 67.0 Å². The second-order valence-corrected chi connectivity index (χ2v) is 4.57. The first-order chi connectivity index (χ1) is 7.68. The molecule has 1 aromatic rings. The van der Waals surface area contributed by atoms with Gasteiger partial charge in [-0.3, -0.25) is 4.79 Å². The number of rotatable bonds is 3. The second kappa shape index (κ2) is 4.65. The number of aromatic nitrogens is 2. The molecule has 0 aliphatic carbocycles. The lowest BCUT2D eigenvalue weighted by molar-refractivity contribution is 0.0300. The van der Waals surface area contributed by atoms with E-state index in [1.807, 2.05) is 0 Å². The molecule has 1 fully saturated rings. The predicted molar refractivity (Wildman–Crippen MR) is 61.5 cm³/mol. The van der Waals surface area contributed by atoms with Gasteiger partial charge in [0.15, 0.2) is 0 Å². The van der Waals surface area contributed by atoms with Gasteiger partial charge in [-0.25, -0.2) is 4.98 Å². The summed E-state index contributed by atoms with van der Waals surface area (Å²) in [5.74, 6) is 0.636. The first-order valence-electron chi connectivity index (χ1n) is 5.54. The molecule has 88 valence electrons. The normalized spacial score (nSPS) is 19.3. The van der Waals surface area contributed by atoms with Crippen LogP contribution in [0.3, 0.4) is 0 Å². The van der Waals surface area contributed by atoms with Crippen LogP contribution in [0.25, 0.3) is 0 Å². The van der Waals surface area contributed by atoms with Crippen molar-refractivity contribution >= 4 is 5.82 Å². The summed E-state index contributed by atoms with van der Waals surface area (Å²) in [6, 6.07) is 1.47. The molecule has 0 spiro atoms. The SMILES string of the molecule is CC1(CNc2cc(=O)[nH]cn2)CCOCC1. The molecule has 0 bridgehead atoms. The highest BCUT2D eigenvalue weighted by molar-refractivity contribution is 5.31. The Bertz CT molecular complexity index is 396. The number of ether oxygens (including phenoxy) is 1. The van der Waals surface area contributed by atoms with E-state index in [0.717, 1.165) is 32.6 Å². The van der Waals surface area contributed by atoms with Gasteiger partial charge in [-0.05, 0) is 18.3 Å². The lowest BCUT2D eigenvalue weighted by Crippen LogP contribution is -2.33. The van der Waals surface area contributed by atoms with E-state index >= 15 is 0 Å². The van der Waals surface area contributed by atoms with Crippen molar-refractivity contribution in [2.24, 2.45) is 5.41 Å². The fourth-order valence-electron chi connectivity index (χ4n) is 1.81. The molecule has 0 aromatic carbocycles. The van der Waals surface area contributed by atoms with Gasteiger partial charge in [-0.15, -0.1) is 0 Å². The van der Waals surface area contributed by atoms with Gasteiger partial charge >= 0.3 is 0 Å². The van der Waals surface area contributed by atoms with Crippen LogP contribution in [-0.4, -0.2) is 29.7 Å². The summed E-state index contributed by atoms with van der Waals surface area (Å²) in [7, 11) is 0. The van der Waals surface area contributed by atoms with Crippen LogP contribution in [0.5, 0.6) is 0 Å². The molecule has 1 aliphatic heterocycles. The molecule has 0 unspecified atom stereocenters. The van der Waals surface area contributed by atoms with Gasteiger partial charge in [-0.1, -0.05) is 6.92 Å². The van der Waals surface area contributed by atoms with Crippen LogP contribution in [0.2, 0.25) is 0 Å². The Balaban J connectivity index is 1.93. The van der Waals surface area contributed by atoms with Crippen LogP contribution >= 0.6 is 0 Å². The zero-order valence-corrected chi connectivity index (χ0v) is 9.45. The maximum atomic E-state index is 11.1. The zero-order valence-electron chi connectivity index (χ0n) is 9.45. The third-order valence-electron chi connectivity index (χ3n) is 3.07. The number of hydrogen-bond acceptors (Lipinski definition) is 4. The smallest absolute Gasteiger partial charge is 0.252 e. The molecular weight excluding hydrogens is 206 g/mol. The molecule has 5 nitrogen and oxygen atoms in total. The van der Waals surface area contributed by atoms with E-state index in [9.17, 15) is 4.79 Å². The Morgan fingerprint density at radius 2 is 2.31 bits per heavy atom. The van der Waals surface area contributed by atoms with Crippen molar-refractivity contribution in [3.05, 3.63) is 22.7 Å². The highest BCUT2D eigenvalue weighted by atomic mass is 16.5. The van der Waals surface area contributed by atoms with Crippen LogP contribution in [-0.2, 0) is 4.74 Å². The number of nitrogens with one attached hydrogen (secondary N) is 2. The number of anilines is 1. The third-order valence-corrected chi connectivity index (χ3v) is 3.07. The average Bonchev–Trinajstić information content (AvgIpc) is 2.28. The van der Waals surface area contributed by atoms with Crippen LogP contribution in [0.1, 0.15) is 19.8 Å². The molecule has 0 saturated carbocycles. The molecule has 1 aliphatic rings. The molecule has 1 aromatic heterocycles. The van der Waals surface area contributed by atoms with Gasteiger partial charge in [0.1, 0.15) is 5.82 Å². The number of H-pyrrole nitrogens is 1. The minimum absolute atomic E-state index is 0.130. The third kappa shape index (κ3) is 2.82. The molecule has 16 heavy (non-hydrogen) atoms. The highest BCUT2D eigenvalue weighted by Gasteiger charge is 2.27. The molecule has 1 saturated heterocycles. The van der Waals surface area contributed by atoms with E-state index in [1.165, 1.54) is 12.4 Å². The van der Waals surface area contributed by atoms with Crippen LogP contribution in [0, 0.1) is 5.41 Å². The maximum absolute atomic E-state index is 11.1. The summed E-state index contributed by atoms with van der Waals surface area (Å²) in [4.78, 5) is 17.6. The standard InChI is InChI=1S/C11H17N3O2/c1-11(2-4-16-5-3-11)7-12-9-6-10(15)14-8-13-9/h6,8H,2-5,7H2,1H3,(H2,12,13,14,15). The van der Waals surface area contributed by atoms with Gasteiger partial charge in [-0.2, -0.15) is 0 Å². The average molecular weight is 223 g/mol. The first kappa shape index (κ1) is 11.1. The lowest BCUT2D eigenvalue weighted by Gasteiger charge is -2.33. The van der Waals surface area contributed by atoms with Gasteiger partial charge in [0.05, 0.1) is 6.33 Å². The fraction of sp³-hybridized carbons (Fsp3) is 0.636. The largest absolute Gasteiger partial charge is 0.381 e. The molecule has 0 atom stereocenters. The van der Waals surface area contributed by atoms with Crippen molar-refractivity contribution in [3.8, 4) is 0 Å². The Morgan fingerprint density at radius 3 is 3.00 bits per heavy atom. The van der Waals surface area contributed by atoms with Crippen molar-refractivity contribution in [1.82, 2.24) is 9.97 Å². The fourth-order valence-corrected chi connectivity index (χ4v) is 1.81. The Labute approximate surface area is 94.2 Å². The first-order valence-corrected chi connectivity index (χ1v) is 5.54. The van der Waals surface area contributed by atoms with Crippen molar-refractivity contribution in [3.63, 3.8) is 0 Å². The predicted octanol–water partition coefficient (Wildman–Crippen LogP) is 0.998. The van der Waals surface area contributed by atoms with Crippen molar-refractivity contribution in [2.75, 3.05) is 25.1 Å². The monoisotopic (exact) mass is 223 g/mol. The van der Waals surface area contributed by atoms with E-state index in [4.69, 9.17) is 4.74 Å². The summed E-state index contributed by atoms with van der Waals surface area (Å²) in [6.07, 6.45) is 3.50. The van der Waals surface area contributed by atoms with Gasteiger partial charge in [0.25, 0.3) is 5.56 Å². The van der Waals surface area contributed by atoms with E-state index in [0.29, 0.717) is 5.82 Å². The molecule has 0 radical (unpaired) electrons. The Hall–Kier alpha value is -1.36. The van der Waals surface area contributed by atoms with Gasteiger partial charge in [0.2, 0.25) is 0 Å². The maximum Gasteiger partial charge on any atom is 0.252 e. The minimum Gasteiger partial charge on any atom is -0.381 e. The van der Waals surface area contributed by atoms with Crippen LogP contribution in [0.4, 0.5) is 5.82 Å². The summed E-state index contributed by atoms with van der Waals surface area (Å²) in [5, 5.41) is 3.21. The summed E-state index contributed by atoms with van der Waals surface area (Å²) in [6.45, 7) is 4.70. The summed E-state index contributed by atoms with van der Waals surface area (Å²) in [5.41, 5.74) is 0.109. The summed E-state index contributed by atoms with van der Waals surface area (Å²) < 4.78 is 5.34. The quantitative estimate of drug-likeness (QED) is 0.802. The lowest BCUT2D eigenvalue weighted by atomic mass is 9.82.